The van der Waals surface area contributed by atoms with Gasteiger partial charge in [-0.15, -0.1) is 0 Å². The molecule has 0 spiro atoms. The highest BCUT2D eigenvalue weighted by atomic mass is 35.5. The summed E-state index contributed by atoms with van der Waals surface area (Å²) in [5.41, 5.74) is 0.288. The van der Waals surface area contributed by atoms with Gasteiger partial charge in [0.25, 0.3) is 5.91 Å². The quantitative estimate of drug-likeness (QED) is 0.802. The molecule has 0 atom stereocenters. The van der Waals surface area contributed by atoms with E-state index in [1.807, 2.05) is 0 Å². The molecule has 2 rings (SSSR count). The number of ether oxygens (including phenoxy) is 1. The molecule has 106 valence electrons. The first-order valence-electron chi connectivity index (χ1n) is 6.44. The summed E-state index contributed by atoms with van der Waals surface area (Å²) in [5, 5.41) is 7.24. The number of halogens is 1. The average Bonchev–Trinajstić information content (AvgIpc) is 2.75. The van der Waals surface area contributed by atoms with Gasteiger partial charge >= 0.3 is 0 Å². The average molecular weight is 287 g/mol. The third kappa shape index (κ3) is 4.19. The van der Waals surface area contributed by atoms with Gasteiger partial charge in [-0.05, 0) is 13.0 Å². The first kappa shape index (κ1) is 14.3. The highest BCUT2D eigenvalue weighted by molar-refractivity contribution is 6.33. The Labute approximate surface area is 117 Å². The van der Waals surface area contributed by atoms with Crippen LogP contribution in [0.2, 0.25) is 5.02 Å². The van der Waals surface area contributed by atoms with Crippen molar-refractivity contribution in [1.29, 1.82) is 0 Å². The Morgan fingerprint density at radius 2 is 2.26 bits per heavy atom. The zero-order valence-corrected chi connectivity index (χ0v) is 11.8. The number of carbonyl (C=O) groups is 1. The van der Waals surface area contributed by atoms with Crippen LogP contribution < -0.4 is 5.32 Å². The third-order valence-corrected chi connectivity index (χ3v) is 3.32. The summed E-state index contributed by atoms with van der Waals surface area (Å²) < 4.78 is 6.81. The molecule has 1 aromatic heterocycles. The summed E-state index contributed by atoms with van der Waals surface area (Å²) in [6, 6.07) is 0. The molecule has 19 heavy (non-hydrogen) atoms. The number of morpholine rings is 1. The second kappa shape index (κ2) is 6.88. The SMILES string of the molecule is Cn1cc(Cl)c(C(=O)NCCCN2CCOCC2)n1. The third-order valence-electron chi connectivity index (χ3n) is 3.04. The van der Waals surface area contributed by atoms with E-state index in [2.05, 4.69) is 15.3 Å². The molecule has 7 heteroatoms. The fraction of sp³-hybridized carbons (Fsp3) is 0.667. The number of nitrogens with one attached hydrogen (secondary N) is 1. The van der Waals surface area contributed by atoms with Crippen molar-refractivity contribution in [2.45, 2.75) is 6.42 Å². The molecule has 2 heterocycles. The van der Waals surface area contributed by atoms with Crippen LogP contribution in [-0.4, -0.2) is 60.0 Å². The van der Waals surface area contributed by atoms with E-state index in [9.17, 15) is 4.79 Å². The fourth-order valence-corrected chi connectivity index (χ4v) is 2.29. The van der Waals surface area contributed by atoms with E-state index in [1.54, 1.807) is 13.2 Å². The maximum atomic E-state index is 11.8. The van der Waals surface area contributed by atoms with Crippen LogP contribution in [0.1, 0.15) is 16.9 Å². The molecule has 0 bridgehead atoms. The summed E-state index contributed by atoms with van der Waals surface area (Å²) in [6.07, 6.45) is 2.53. The van der Waals surface area contributed by atoms with E-state index in [1.165, 1.54) is 4.68 Å². The molecule has 0 aromatic carbocycles. The Kier molecular flexibility index (Phi) is 5.18. The van der Waals surface area contributed by atoms with Gasteiger partial charge < -0.3 is 10.1 Å². The van der Waals surface area contributed by atoms with Gasteiger partial charge in [0, 0.05) is 32.9 Å². The van der Waals surface area contributed by atoms with E-state index in [4.69, 9.17) is 16.3 Å². The summed E-state index contributed by atoms with van der Waals surface area (Å²) in [7, 11) is 1.74. The molecular formula is C12H19ClN4O2. The van der Waals surface area contributed by atoms with Crippen LogP contribution in [0.4, 0.5) is 0 Å². The molecule has 1 fully saturated rings. The molecule has 1 N–H and O–H groups in total. The van der Waals surface area contributed by atoms with Gasteiger partial charge in [0.2, 0.25) is 0 Å². The van der Waals surface area contributed by atoms with Crippen molar-refractivity contribution in [3.8, 4) is 0 Å². The largest absolute Gasteiger partial charge is 0.379 e. The van der Waals surface area contributed by atoms with Gasteiger partial charge in [-0.3, -0.25) is 14.4 Å². The van der Waals surface area contributed by atoms with Crippen molar-refractivity contribution in [3.63, 3.8) is 0 Å². The summed E-state index contributed by atoms with van der Waals surface area (Å²) in [5.74, 6) is -0.215. The highest BCUT2D eigenvalue weighted by Gasteiger charge is 2.14. The van der Waals surface area contributed by atoms with Crippen molar-refractivity contribution in [1.82, 2.24) is 20.0 Å². The minimum atomic E-state index is -0.215. The Morgan fingerprint density at radius 1 is 1.53 bits per heavy atom. The van der Waals surface area contributed by atoms with Crippen LogP contribution in [0.3, 0.4) is 0 Å². The predicted molar refractivity (Wildman–Crippen MR) is 72.4 cm³/mol. The maximum absolute atomic E-state index is 11.8. The molecule has 1 aliphatic rings. The highest BCUT2D eigenvalue weighted by Crippen LogP contribution is 2.12. The van der Waals surface area contributed by atoms with Crippen molar-refractivity contribution in [3.05, 3.63) is 16.9 Å². The van der Waals surface area contributed by atoms with E-state index < -0.39 is 0 Å². The Bertz CT molecular complexity index is 429. The van der Waals surface area contributed by atoms with Crippen molar-refractivity contribution >= 4 is 17.5 Å². The molecular weight excluding hydrogens is 268 g/mol. The monoisotopic (exact) mass is 286 g/mol. The number of aromatic nitrogens is 2. The van der Waals surface area contributed by atoms with Crippen molar-refractivity contribution in [2.75, 3.05) is 39.4 Å². The standard InChI is InChI=1S/C12H19ClN4O2/c1-16-9-10(13)11(15-16)12(18)14-3-2-4-17-5-7-19-8-6-17/h9H,2-8H2,1H3,(H,14,18). The van der Waals surface area contributed by atoms with Gasteiger partial charge in [0.1, 0.15) is 0 Å². The minimum absolute atomic E-state index is 0.215. The van der Waals surface area contributed by atoms with Crippen LogP contribution >= 0.6 is 11.6 Å². The Hall–Kier alpha value is -1.11. The minimum Gasteiger partial charge on any atom is -0.379 e. The number of hydrogen-bond acceptors (Lipinski definition) is 4. The van der Waals surface area contributed by atoms with Gasteiger partial charge in [-0.2, -0.15) is 5.10 Å². The summed E-state index contributed by atoms with van der Waals surface area (Å²) >= 11 is 5.91. The molecule has 0 unspecified atom stereocenters. The maximum Gasteiger partial charge on any atom is 0.273 e. The Morgan fingerprint density at radius 3 is 2.89 bits per heavy atom. The lowest BCUT2D eigenvalue weighted by molar-refractivity contribution is 0.0374. The number of hydrogen-bond donors (Lipinski definition) is 1. The van der Waals surface area contributed by atoms with Crippen LogP contribution in [0.5, 0.6) is 0 Å². The number of nitrogens with zero attached hydrogens (tertiary/aromatic N) is 3. The molecule has 1 saturated heterocycles. The van der Waals surface area contributed by atoms with Gasteiger partial charge in [-0.1, -0.05) is 11.6 Å². The second-order valence-electron chi connectivity index (χ2n) is 4.56. The van der Waals surface area contributed by atoms with Gasteiger partial charge in [0.05, 0.1) is 18.2 Å². The summed E-state index contributed by atoms with van der Waals surface area (Å²) in [4.78, 5) is 14.2. The lowest BCUT2D eigenvalue weighted by Gasteiger charge is -2.26. The van der Waals surface area contributed by atoms with Crippen molar-refractivity contribution in [2.24, 2.45) is 7.05 Å². The molecule has 1 aromatic rings. The normalized spacial score (nSPS) is 16.5. The zero-order chi connectivity index (χ0) is 13.7. The van der Waals surface area contributed by atoms with Crippen LogP contribution in [-0.2, 0) is 11.8 Å². The molecule has 6 nitrogen and oxygen atoms in total. The first-order valence-corrected chi connectivity index (χ1v) is 6.82. The molecule has 0 radical (unpaired) electrons. The zero-order valence-electron chi connectivity index (χ0n) is 11.1. The molecule has 1 amide bonds. The second-order valence-corrected chi connectivity index (χ2v) is 4.97. The number of aryl methyl sites for hydroxylation is 1. The van der Waals surface area contributed by atoms with Gasteiger partial charge in [-0.25, -0.2) is 0 Å². The van der Waals surface area contributed by atoms with Crippen LogP contribution in [0, 0.1) is 0 Å². The van der Waals surface area contributed by atoms with Crippen LogP contribution in [0.15, 0.2) is 6.20 Å². The number of amides is 1. The summed E-state index contributed by atoms with van der Waals surface area (Å²) in [6.45, 7) is 5.15. The number of rotatable bonds is 5. The topological polar surface area (TPSA) is 59.4 Å². The molecule has 0 aliphatic carbocycles. The predicted octanol–water partition coefficient (Wildman–Crippen LogP) is 0.526. The van der Waals surface area contributed by atoms with E-state index in [0.29, 0.717) is 11.6 Å². The Balaban J connectivity index is 1.67. The number of carbonyl (C=O) groups excluding carboxylic acids is 1. The van der Waals surface area contributed by atoms with E-state index >= 15 is 0 Å². The molecule has 1 aliphatic heterocycles. The lowest BCUT2D eigenvalue weighted by Crippen LogP contribution is -2.38. The fourth-order valence-electron chi connectivity index (χ4n) is 2.03. The first-order chi connectivity index (χ1) is 9.16. The van der Waals surface area contributed by atoms with Crippen LogP contribution in [0.25, 0.3) is 0 Å². The van der Waals surface area contributed by atoms with Gasteiger partial charge in [0.15, 0.2) is 5.69 Å². The van der Waals surface area contributed by atoms with E-state index in [0.717, 1.165) is 39.3 Å². The van der Waals surface area contributed by atoms with E-state index in [-0.39, 0.29) is 11.6 Å². The smallest absolute Gasteiger partial charge is 0.273 e. The van der Waals surface area contributed by atoms with Crippen molar-refractivity contribution < 1.29 is 9.53 Å². The molecule has 0 saturated carbocycles. The lowest BCUT2D eigenvalue weighted by atomic mass is 10.3.